The van der Waals surface area contributed by atoms with E-state index >= 15 is 0 Å². The third-order valence-corrected chi connectivity index (χ3v) is 1.77. The summed E-state index contributed by atoms with van der Waals surface area (Å²) in [5.74, 6) is -0.341. The van der Waals surface area contributed by atoms with E-state index in [1.165, 1.54) is 0 Å². The lowest BCUT2D eigenvalue weighted by atomic mass is 10.0. The van der Waals surface area contributed by atoms with Gasteiger partial charge in [-0.15, -0.1) is 0 Å². The standard InChI is InChI=1S/C12H16O3/c1-4-7-11(10(5-2)9-13)8-12(14)15-6-3/h4-5,7,9H,1,6,8H2,2-3H3/b10-5-,11-7-. The Morgan fingerprint density at radius 2 is 2.13 bits per heavy atom. The molecule has 0 aliphatic heterocycles. The molecule has 15 heavy (non-hydrogen) atoms. The Morgan fingerprint density at radius 1 is 1.47 bits per heavy atom. The molecule has 0 fully saturated rings. The van der Waals surface area contributed by atoms with Crippen molar-refractivity contribution < 1.29 is 14.3 Å². The summed E-state index contributed by atoms with van der Waals surface area (Å²) >= 11 is 0. The monoisotopic (exact) mass is 208 g/mol. The van der Waals surface area contributed by atoms with Gasteiger partial charge in [0.1, 0.15) is 6.29 Å². The zero-order valence-corrected chi connectivity index (χ0v) is 9.16. The zero-order chi connectivity index (χ0) is 11.7. The first-order valence-electron chi connectivity index (χ1n) is 4.78. The van der Waals surface area contributed by atoms with Gasteiger partial charge < -0.3 is 4.74 Å². The van der Waals surface area contributed by atoms with Gasteiger partial charge in [-0.25, -0.2) is 0 Å². The number of rotatable bonds is 6. The molecule has 0 N–H and O–H groups in total. The minimum absolute atomic E-state index is 0.0955. The summed E-state index contributed by atoms with van der Waals surface area (Å²) in [6.45, 7) is 7.36. The van der Waals surface area contributed by atoms with Crippen molar-refractivity contribution in [1.82, 2.24) is 0 Å². The largest absolute Gasteiger partial charge is 0.466 e. The molecule has 0 radical (unpaired) electrons. The Morgan fingerprint density at radius 3 is 2.53 bits per heavy atom. The topological polar surface area (TPSA) is 43.4 Å². The maximum Gasteiger partial charge on any atom is 0.310 e. The van der Waals surface area contributed by atoms with Crippen LogP contribution < -0.4 is 0 Å². The average Bonchev–Trinajstić information content (AvgIpc) is 2.20. The van der Waals surface area contributed by atoms with Crippen LogP contribution in [0, 0.1) is 0 Å². The van der Waals surface area contributed by atoms with E-state index in [-0.39, 0.29) is 12.4 Å². The number of aldehydes is 1. The Hall–Kier alpha value is -1.64. The van der Waals surface area contributed by atoms with Crippen LogP contribution in [0.5, 0.6) is 0 Å². The van der Waals surface area contributed by atoms with Crippen LogP contribution in [0.4, 0.5) is 0 Å². The second-order valence-corrected chi connectivity index (χ2v) is 2.77. The molecular weight excluding hydrogens is 192 g/mol. The number of hydrogen-bond acceptors (Lipinski definition) is 3. The first-order valence-corrected chi connectivity index (χ1v) is 4.78. The van der Waals surface area contributed by atoms with Gasteiger partial charge in [-0.1, -0.05) is 24.8 Å². The normalized spacial score (nSPS) is 12.1. The van der Waals surface area contributed by atoms with Crippen LogP contribution in [-0.2, 0) is 14.3 Å². The molecule has 0 amide bonds. The Balaban J connectivity index is 4.69. The van der Waals surface area contributed by atoms with Crippen LogP contribution in [-0.4, -0.2) is 18.9 Å². The van der Waals surface area contributed by atoms with Crippen LogP contribution in [0.2, 0.25) is 0 Å². The smallest absolute Gasteiger partial charge is 0.310 e. The second-order valence-electron chi connectivity index (χ2n) is 2.77. The molecule has 0 rings (SSSR count). The lowest BCUT2D eigenvalue weighted by Crippen LogP contribution is -2.06. The summed E-state index contributed by atoms with van der Waals surface area (Å²) in [5, 5.41) is 0. The second kappa shape index (κ2) is 7.74. The number of carbonyl (C=O) groups is 2. The number of allylic oxidation sites excluding steroid dienone is 4. The Kier molecular flexibility index (Phi) is 6.89. The summed E-state index contributed by atoms with van der Waals surface area (Å²) in [5.41, 5.74) is 1.11. The molecule has 3 nitrogen and oxygen atoms in total. The molecule has 0 aromatic heterocycles. The van der Waals surface area contributed by atoms with Gasteiger partial charge in [0.15, 0.2) is 0 Å². The highest BCUT2D eigenvalue weighted by Gasteiger charge is 2.09. The molecule has 0 aromatic carbocycles. The third kappa shape index (κ3) is 4.96. The SMILES string of the molecule is C=C/C=C(CC(=O)OCC)\C(C=O)=C/C. The lowest BCUT2D eigenvalue weighted by molar-refractivity contribution is -0.142. The Bertz CT molecular complexity index is 298. The molecule has 0 aromatic rings. The summed E-state index contributed by atoms with van der Waals surface area (Å²) in [6, 6.07) is 0. The van der Waals surface area contributed by atoms with Gasteiger partial charge in [-0.2, -0.15) is 0 Å². The van der Waals surface area contributed by atoms with E-state index in [0.717, 1.165) is 0 Å². The van der Waals surface area contributed by atoms with Gasteiger partial charge in [0, 0.05) is 5.57 Å². The molecule has 3 heteroatoms. The molecule has 0 aliphatic carbocycles. The van der Waals surface area contributed by atoms with Crippen molar-refractivity contribution in [3.63, 3.8) is 0 Å². The minimum Gasteiger partial charge on any atom is -0.466 e. The maximum absolute atomic E-state index is 11.2. The van der Waals surface area contributed by atoms with E-state index in [2.05, 4.69) is 6.58 Å². The third-order valence-electron chi connectivity index (χ3n) is 1.77. The average molecular weight is 208 g/mol. The van der Waals surface area contributed by atoms with Crippen LogP contribution in [0.3, 0.4) is 0 Å². The van der Waals surface area contributed by atoms with Gasteiger partial charge in [0.05, 0.1) is 13.0 Å². The number of hydrogen-bond donors (Lipinski definition) is 0. The molecule has 0 saturated heterocycles. The van der Waals surface area contributed by atoms with E-state index in [1.807, 2.05) is 0 Å². The molecule has 0 spiro atoms. The molecule has 82 valence electrons. The van der Waals surface area contributed by atoms with Crippen LogP contribution >= 0.6 is 0 Å². The van der Waals surface area contributed by atoms with E-state index in [4.69, 9.17) is 4.74 Å². The van der Waals surface area contributed by atoms with Gasteiger partial charge >= 0.3 is 5.97 Å². The summed E-state index contributed by atoms with van der Waals surface area (Å²) in [7, 11) is 0. The fourth-order valence-corrected chi connectivity index (χ4v) is 1.10. The van der Waals surface area contributed by atoms with E-state index < -0.39 is 0 Å². The number of carbonyl (C=O) groups excluding carboxylic acids is 2. The molecule has 0 unspecified atom stereocenters. The Labute approximate surface area is 90.1 Å². The molecule has 0 aliphatic rings. The fraction of sp³-hybridized carbons (Fsp3) is 0.333. The van der Waals surface area contributed by atoms with Crippen LogP contribution in [0.15, 0.2) is 36.0 Å². The maximum atomic E-state index is 11.2. The molecule has 0 heterocycles. The summed E-state index contributed by atoms with van der Waals surface area (Å²) in [6.07, 6.45) is 5.65. The first kappa shape index (κ1) is 13.4. The van der Waals surface area contributed by atoms with Gasteiger partial charge in [0.2, 0.25) is 0 Å². The predicted octanol–water partition coefficient (Wildman–Crippen LogP) is 2.20. The van der Waals surface area contributed by atoms with Crippen molar-refractivity contribution >= 4 is 12.3 Å². The highest BCUT2D eigenvalue weighted by Crippen LogP contribution is 2.13. The molecule has 0 atom stereocenters. The summed E-state index contributed by atoms with van der Waals surface area (Å²) in [4.78, 5) is 21.9. The van der Waals surface area contributed by atoms with Crippen molar-refractivity contribution in [2.75, 3.05) is 6.61 Å². The van der Waals surface area contributed by atoms with Gasteiger partial charge in [-0.05, 0) is 19.4 Å². The molecule has 0 bridgehead atoms. The van der Waals surface area contributed by atoms with Crippen molar-refractivity contribution in [2.24, 2.45) is 0 Å². The summed E-state index contributed by atoms with van der Waals surface area (Å²) < 4.78 is 4.80. The fourth-order valence-electron chi connectivity index (χ4n) is 1.10. The zero-order valence-electron chi connectivity index (χ0n) is 9.16. The van der Waals surface area contributed by atoms with E-state index in [0.29, 0.717) is 24.0 Å². The van der Waals surface area contributed by atoms with E-state index in [9.17, 15) is 9.59 Å². The van der Waals surface area contributed by atoms with Crippen LogP contribution in [0.1, 0.15) is 20.3 Å². The van der Waals surface area contributed by atoms with Gasteiger partial charge in [0.25, 0.3) is 0 Å². The predicted molar refractivity (Wildman–Crippen MR) is 59.4 cm³/mol. The number of ether oxygens (including phenoxy) is 1. The minimum atomic E-state index is -0.341. The quantitative estimate of drug-likeness (QED) is 0.291. The lowest BCUT2D eigenvalue weighted by Gasteiger charge is -2.05. The van der Waals surface area contributed by atoms with E-state index in [1.54, 1.807) is 32.1 Å². The van der Waals surface area contributed by atoms with Crippen molar-refractivity contribution in [1.29, 1.82) is 0 Å². The first-order chi connectivity index (χ1) is 7.19. The highest BCUT2D eigenvalue weighted by atomic mass is 16.5. The number of esters is 1. The van der Waals surface area contributed by atoms with Crippen LogP contribution in [0.25, 0.3) is 0 Å². The van der Waals surface area contributed by atoms with Gasteiger partial charge in [-0.3, -0.25) is 9.59 Å². The van der Waals surface area contributed by atoms with Crippen molar-refractivity contribution in [3.05, 3.63) is 36.0 Å². The van der Waals surface area contributed by atoms with Crippen molar-refractivity contribution in [3.8, 4) is 0 Å². The highest BCUT2D eigenvalue weighted by molar-refractivity contribution is 5.84. The molecular formula is C12H16O3. The molecule has 0 saturated carbocycles. The van der Waals surface area contributed by atoms with Crippen molar-refractivity contribution in [2.45, 2.75) is 20.3 Å².